The Morgan fingerprint density at radius 1 is 0.931 bits per heavy atom. The van der Waals surface area contributed by atoms with Crippen LogP contribution in [0.25, 0.3) is 10.2 Å². The second-order valence-electron chi connectivity index (χ2n) is 6.33. The molecule has 0 amide bonds. The van der Waals surface area contributed by atoms with E-state index < -0.39 is 10.0 Å². The van der Waals surface area contributed by atoms with Crippen LogP contribution in [0.1, 0.15) is 5.56 Å². The molecule has 0 fully saturated rings. The summed E-state index contributed by atoms with van der Waals surface area (Å²) in [5, 5.41) is 0.642. The minimum atomic E-state index is -3.87. The molecular formula is C20H14Cl2N2O3S2. The Kier molecular flexibility index (Phi) is 5.40. The Balaban J connectivity index is 1.69. The lowest BCUT2D eigenvalue weighted by Gasteiger charge is -2.09. The summed E-state index contributed by atoms with van der Waals surface area (Å²) in [4.78, 5) is 12.4. The lowest BCUT2D eigenvalue weighted by atomic mass is 10.2. The van der Waals surface area contributed by atoms with Crippen molar-refractivity contribution in [3.8, 4) is 0 Å². The van der Waals surface area contributed by atoms with Gasteiger partial charge in [-0.3, -0.25) is 14.1 Å². The highest BCUT2D eigenvalue weighted by Gasteiger charge is 2.18. The minimum Gasteiger partial charge on any atom is -0.294 e. The van der Waals surface area contributed by atoms with Crippen LogP contribution in [0.3, 0.4) is 0 Å². The number of thiazole rings is 1. The summed E-state index contributed by atoms with van der Waals surface area (Å²) < 4.78 is 30.2. The molecule has 1 aromatic heterocycles. The van der Waals surface area contributed by atoms with E-state index in [0.29, 0.717) is 26.8 Å². The fraction of sp³-hybridized carbons (Fsp3) is 0.0500. The van der Waals surface area contributed by atoms with Crippen LogP contribution < -0.4 is 9.60 Å². The molecule has 0 spiro atoms. The standard InChI is InChI=1S/C20H14Cl2N2O3S2/c21-14-8-15(22)10-16(9-14)23-29(26,27)17-6-7-18-19(11-17)28-20(25)24(18)12-13-4-2-1-3-5-13/h1-11,23H,12H2. The summed E-state index contributed by atoms with van der Waals surface area (Å²) >= 11 is 12.9. The Labute approximate surface area is 181 Å². The lowest BCUT2D eigenvalue weighted by Crippen LogP contribution is -2.14. The summed E-state index contributed by atoms with van der Waals surface area (Å²) in [6, 6.07) is 18.7. The highest BCUT2D eigenvalue weighted by atomic mass is 35.5. The number of aromatic nitrogens is 1. The number of halogens is 2. The first-order valence-electron chi connectivity index (χ1n) is 8.48. The zero-order chi connectivity index (χ0) is 20.6. The van der Waals surface area contributed by atoms with E-state index in [4.69, 9.17) is 23.2 Å². The predicted octanol–water partition coefficient (Wildman–Crippen LogP) is 5.22. The van der Waals surface area contributed by atoms with Gasteiger partial charge in [-0.15, -0.1) is 0 Å². The first kappa shape index (κ1) is 20.0. The van der Waals surface area contributed by atoms with Gasteiger partial charge in [0.1, 0.15) is 0 Å². The van der Waals surface area contributed by atoms with Crippen LogP contribution in [0.4, 0.5) is 5.69 Å². The van der Waals surface area contributed by atoms with Crippen molar-refractivity contribution < 1.29 is 8.42 Å². The van der Waals surface area contributed by atoms with Crippen molar-refractivity contribution in [2.24, 2.45) is 0 Å². The molecule has 4 rings (SSSR count). The van der Waals surface area contributed by atoms with Gasteiger partial charge in [0, 0.05) is 10.0 Å². The molecule has 0 aliphatic heterocycles. The average molecular weight is 465 g/mol. The van der Waals surface area contributed by atoms with E-state index >= 15 is 0 Å². The molecule has 0 bridgehead atoms. The van der Waals surface area contributed by atoms with Crippen molar-refractivity contribution in [2.75, 3.05) is 4.72 Å². The molecule has 29 heavy (non-hydrogen) atoms. The van der Waals surface area contributed by atoms with Crippen molar-refractivity contribution >= 4 is 60.5 Å². The molecule has 3 aromatic carbocycles. The Bertz CT molecular complexity index is 1340. The largest absolute Gasteiger partial charge is 0.308 e. The first-order chi connectivity index (χ1) is 13.8. The van der Waals surface area contributed by atoms with Crippen molar-refractivity contribution in [3.63, 3.8) is 0 Å². The van der Waals surface area contributed by atoms with E-state index in [0.717, 1.165) is 16.9 Å². The van der Waals surface area contributed by atoms with Gasteiger partial charge in [0.2, 0.25) is 0 Å². The Morgan fingerprint density at radius 2 is 1.62 bits per heavy atom. The highest BCUT2D eigenvalue weighted by Crippen LogP contribution is 2.27. The highest BCUT2D eigenvalue weighted by molar-refractivity contribution is 7.92. The number of nitrogens with zero attached hydrogens (tertiary/aromatic N) is 1. The summed E-state index contributed by atoms with van der Waals surface area (Å²) in [7, 11) is -3.87. The molecule has 1 N–H and O–H groups in total. The third kappa shape index (κ3) is 4.33. The van der Waals surface area contributed by atoms with E-state index in [9.17, 15) is 13.2 Å². The fourth-order valence-electron chi connectivity index (χ4n) is 2.96. The van der Waals surface area contributed by atoms with Crippen molar-refractivity contribution in [2.45, 2.75) is 11.4 Å². The number of hydrogen-bond acceptors (Lipinski definition) is 4. The third-order valence-electron chi connectivity index (χ3n) is 4.25. The number of rotatable bonds is 5. The van der Waals surface area contributed by atoms with Gasteiger partial charge in [-0.05, 0) is 42.0 Å². The zero-order valence-corrected chi connectivity index (χ0v) is 17.9. The molecular weight excluding hydrogens is 451 g/mol. The lowest BCUT2D eigenvalue weighted by molar-refractivity contribution is 0.601. The Hall–Kier alpha value is -2.32. The molecule has 0 aliphatic rings. The minimum absolute atomic E-state index is 0.0502. The van der Waals surface area contributed by atoms with Gasteiger partial charge in [-0.1, -0.05) is 64.9 Å². The number of hydrogen-bond donors (Lipinski definition) is 1. The third-order valence-corrected chi connectivity index (χ3v) is 7.01. The van der Waals surface area contributed by atoms with Gasteiger partial charge in [0.05, 0.1) is 27.3 Å². The average Bonchev–Trinajstić information content (AvgIpc) is 2.96. The van der Waals surface area contributed by atoms with E-state index in [1.54, 1.807) is 10.6 Å². The molecule has 0 saturated heterocycles. The maximum Gasteiger partial charge on any atom is 0.308 e. The van der Waals surface area contributed by atoms with Crippen LogP contribution in [0, 0.1) is 0 Å². The van der Waals surface area contributed by atoms with Crippen molar-refractivity contribution in [1.29, 1.82) is 0 Å². The number of benzene rings is 3. The van der Waals surface area contributed by atoms with Gasteiger partial charge < -0.3 is 0 Å². The normalized spacial score (nSPS) is 11.7. The van der Waals surface area contributed by atoms with Crippen LogP contribution in [0.15, 0.2) is 76.4 Å². The second kappa shape index (κ2) is 7.84. The molecule has 0 aliphatic carbocycles. The second-order valence-corrected chi connectivity index (χ2v) is 9.88. The van der Waals surface area contributed by atoms with Crippen LogP contribution in [-0.2, 0) is 16.6 Å². The zero-order valence-electron chi connectivity index (χ0n) is 14.8. The molecule has 4 aromatic rings. The maximum atomic E-state index is 12.8. The molecule has 0 radical (unpaired) electrons. The maximum absolute atomic E-state index is 12.8. The SMILES string of the molecule is O=c1sc2cc(S(=O)(=O)Nc3cc(Cl)cc(Cl)c3)ccc2n1Cc1ccccc1. The number of sulfonamides is 1. The monoisotopic (exact) mass is 464 g/mol. The van der Waals surface area contributed by atoms with Crippen LogP contribution >= 0.6 is 34.5 Å². The van der Waals surface area contributed by atoms with E-state index in [-0.39, 0.29) is 15.5 Å². The van der Waals surface area contributed by atoms with E-state index in [1.165, 1.54) is 30.3 Å². The summed E-state index contributed by atoms with van der Waals surface area (Å²) in [5.41, 5.74) is 1.94. The van der Waals surface area contributed by atoms with Gasteiger partial charge >= 0.3 is 4.87 Å². The van der Waals surface area contributed by atoms with Crippen LogP contribution in [0.2, 0.25) is 10.0 Å². The number of anilines is 1. The summed E-state index contributed by atoms with van der Waals surface area (Å²) in [6.45, 7) is 0.422. The Morgan fingerprint density at radius 3 is 2.31 bits per heavy atom. The van der Waals surface area contributed by atoms with Gasteiger partial charge in [0.15, 0.2) is 0 Å². The van der Waals surface area contributed by atoms with Crippen LogP contribution in [0.5, 0.6) is 0 Å². The molecule has 9 heteroatoms. The molecule has 1 heterocycles. The van der Waals surface area contributed by atoms with Gasteiger partial charge in [-0.2, -0.15) is 0 Å². The predicted molar refractivity (Wildman–Crippen MR) is 119 cm³/mol. The summed E-state index contributed by atoms with van der Waals surface area (Å²) in [5.74, 6) is 0. The molecule has 0 unspecified atom stereocenters. The van der Waals surface area contributed by atoms with Gasteiger partial charge in [-0.25, -0.2) is 8.42 Å². The topological polar surface area (TPSA) is 68.2 Å². The van der Waals surface area contributed by atoms with E-state index in [1.807, 2.05) is 30.3 Å². The van der Waals surface area contributed by atoms with E-state index in [2.05, 4.69) is 4.72 Å². The summed E-state index contributed by atoms with van der Waals surface area (Å²) in [6.07, 6.45) is 0. The first-order valence-corrected chi connectivity index (χ1v) is 11.5. The molecule has 0 saturated carbocycles. The van der Waals surface area contributed by atoms with Crippen LogP contribution in [-0.4, -0.2) is 13.0 Å². The quantitative estimate of drug-likeness (QED) is 0.440. The molecule has 5 nitrogen and oxygen atoms in total. The molecule has 148 valence electrons. The van der Waals surface area contributed by atoms with Crippen molar-refractivity contribution in [1.82, 2.24) is 4.57 Å². The molecule has 0 atom stereocenters. The number of nitrogens with one attached hydrogen (secondary N) is 1. The fourth-order valence-corrected chi connectivity index (χ4v) is 5.55. The van der Waals surface area contributed by atoms with Gasteiger partial charge in [0.25, 0.3) is 10.0 Å². The smallest absolute Gasteiger partial charge is 0.294 e. The number of fused-ring (bicyclic) bond motifs is 1. The van der Waals surface area contributed by atoms with Crippen molar-refractivity contribution in [3.05, 3.63) is 92.0 Å².